The Balaban J connectivity index is 1.07. The van der Waals surface area contributed by atoms with E-state index in [1.165, 1.54) is 18.2 Å². The molecule has 2 aliphatic carbocycles. The number of aromatic nitrogens is 1. The van der Waals surface area contributed by atoms with Gasteiger partial charge in [-0.3, -0.25) is 19.4 Å². The smallest absolute Gasteiger partial charge is 0.250 e. The van der Waals surface area contributed by atoms with Gasteiger partial charge in [-0.05, 0) is 85.3 Å². The highest BCUT2D eigenvalue weighted by Crippen LogP contribution is 2.56. The van der Waals surface area contributed by atoms with Crippen molar-refractivity contribution in [2.45, 2.75) is 51.4 Å². The molecule has 1 aromatic heterocycles. The number of hydrogen-bond donors (Lipinski definition) is 1. The summed E-state index contributed by atoms with van der Waals surface area (Å²) in [6, 6.07) is 27.1. The highest BCUT2D eigenvalue weighted by Gasteiger charge is 2.63. The van der Waals surface area contributed by atoms with E-state index in [9.17, 15) is 9.59 Å². The van der Waals surface area contributed by atoms with Crippen LogP contribution in [-0.4, -0.2) is 43.2 Å². The number of nitrogens with two attached hydrogens (primary N) is 1. The van der Waals surface area contributed by atoms with Gasteiger partial charge < -0.3 is 24.7 Å². The summed E-state index contributed by atoms with van der Waals surface area (Å²) in [5.41, 5.74) is 9.63. The number of amides is 2. The summed E-state index contributed by atoms with van der Waals surface area (Å²) in [6.45, 7) is 0.281. The van der Waals surface area contributed by atoms with Gasteiger partial charge in [0, 0.05) is 34.2 Å². The van der Waals surface area contributed by atoms with E-state index in [1.54, 1.807) is 56.7 Å². The average Bonchev–Trinajstić information content (AvgIpc) is 4.12. The van der Waals surface area contributed by atoms with E-state index in [4.69, 9.17) is 34.5 Å². The number of carbonyl (C=O) groups is 2. The first kappa shape index (κ1) is 35.7. The third-order valence-corrected chi connectivity index (χ3v) is 10.2. The summed E-state index contributed by atoms with van der Waals surface area (Å²) in [5, 5.41) is 2.22. The first-order valence-electron chi connectivity index (χ1n) is 17.6. The monoisotopic (exact) mass is 719 g/mol. The highest BCUT2D eigenvalue weighted by molar-refractivity contribution is 5.95. The van der Waals surface area contributed by atoms with Gasteiger partial charge in [0.15, 0.2) is 11.6 Å². The van der Waals surface area contributed by atoms with E-state index in [-0.39, 0.29) is 38.3 Å². The average molecular weight is 720 g/mol. The van der Waals surface area contributed by atoms with Gasteiger partial charge in [0.1, 0.15) is 30.5 Å². The Bertz CT molecular complexity index is 2140. The van der Waals surface area contributed by atoms with Crippen molar-refractivity contribution in [1.29, 1.82) is 0 Å². The number of carbonyl (C=O) groups excluding carboxylic acids is 2. The zero-order valence-electron chi connectivity index (χ0n) is 30.0. The SMILES string of the molecule is COc1ccc(CON(Cc2ccc(OC)cc2OC)C(=O)C2CC2(Cc2ccc(OCc3cc(C4CC4)nc4ccccc34)c(F)c2)C(N)=O)cc1. The molecule has 2 saturated carbocycles. The standard InChI is InChI=1S/C42H42FN3O7/c1-49-31-14-8-26(9-15-31)24-53-46(23-29-13-16-32(50-2)20-39(29)51-3)40(47)34-22-42(34,41(44)48)21-27-10-17-38(35(43)18-27)52-25-30-19-37(28-11-12-28)45-36-7-5-4-6-33(30)36/h4-10,13-20,28,34H,11-12,21-25H2,1-3H3,(H2,44,48). The molecule has 0 bridgehead atoms. The molecule has 0 radical (unpaired) electrons. The minimum Gasteiger partial charge on any atom is -0.497 e. The number of ether oxygens (including phenoxy) is 4. The third-order valence-electron chi connectivity index (χ3n) is 10.2. The maximum Gasteiger partial charge on any atom is 0.250 e. The molecular weight excluding hydrogens is 677 g/mol. The molecule has 53 heavy (non-hydrogen) atoms. The molecule has 2 fully saturated rings. The first-order valence-corrected chi connectivity index (χ1v) is 17.6. The van der Waals surface area contributed by atoms with E-state index >= 15 is 4.39 Å². The Hall–Kier alpha value is -5.68. The van der Waals surface area contributed by atoms with Gasteiger partial charge in [-0.25, -0.2) is 9.45 Å². The number of hydroxylamine groups is 2. The number of methoxy groups -OCH3 is 3. The van der Waals surface area contributed by atoms with Crippen molar-refractivity contribution in [3.63, 3.8) is 0 Å². The minimum absolute atomic E-state index is 0.0308. The Morgan fingerprint density at radius 2 is 1.57 bits per heavy atom. The predicted molar refractivity (Wildman–Crippen MR) is 196 cm³/mol. The molecule has 274 valence electrons. The zero-order valence-corrected chi connectivity index (χ0v) is 30.0. The Kier molecular flexibility index (Phi) is 10.2. The summed E-state index contributed by atoms with van der Waals surface area (Å²) >= 11 is 0. The van der Waals surface area contributed by atoms with Gasteiger partial charge in [0.25, 0.3) is 5.91 Å². The van der Waals surface area contributed by atoms with Crippen LogP contribution in [0, 0.1) is 17.2 Å². The van der Waals surface area contributed by atoms with Crippen LogP contribution >= 0.6 is 0 Å². The van der Waals surface area contributed by atoms with E-state index < -0.39 is 29.0 Å². The Labute approximate surface area is 307 Å². The second-order valence-electron chi connectivity index (χ2n) is 13.7. The molecule has 2 amide bonds. The zero-order chi connectivity index (χ0) is 37.1. The minimum atomic E-state index is -1.22. The van der Waals surface area contributed by atoms with Crippen LogP contribution in [0.15, 0.2) is 91.0 Å². The second kappa shape index (κ2) is 15.1. The highest BCUT2D eigenvalue weighted by atomic mass is 19.1. The number of halogens is 1. The molecule has 4 aromatic carbocycles. The normalized spacial score (nSPS) is 17.6. The fraction of sp³-hybridized carbons (Fsp3) is 0.310. The number of nitrogens with zero attached hydrogens (tertiary/aromatic N) is 2. The molecule has 0 spiro atoms. The van der Waals surface area contributed by atoms with Crippen molar-refractivity contribution in [1.82, 2.24) is 10.0 Å². The summed E-state index contributed by atoms with van der Waals surface area (Å²) in [7, 11) is 4.67. The third kappa shape index (κ3) is 7.75. The second-order valence-corrected chi connectivity index (χ2v) is 13.7. The van der Waals surface area contributed by atoms with Crippen LogP contribution in [-0.2, 0) is 40.6 Å². The topological polar surface area (TPSA) is 122 Å². The molecule has 2 unspecified atom stereocenters. The van der Waals surface area contributed by atoms with Gasteiger partial charge in [0.2, 0.25) is 5.91 Å². The number of rotatable bonds is 16. The first-order chi connectivity index (χ1) is 25.7. The van der Waals surface area contributed by atoms with E-state index in [0.717, 1.165) is 40.6 Å². The van der Waals surface area contributed by atoms with Crippen molar-refractivity contribution in [2.75, 3.05) is 21.3 Å². The van der Waals surface area contributed by atoms with Crippen LogP contribution in [0.25, 0.3) is 10.9 Å². The summed E-state index contributed by atoms with van der Waals surface area (Å²) in [4.78, 5) is 38.1. The number of hydrogen-bond acceptors (Lipinski definition) is 8. The van der Waals surface area contributed by atoms with Gasteiger partial charge in [-0.2, -0.15) is 0 Å². The van der Waals surface area contributed by atoms with E-state index in [2.05, 4.69) is 6.07 Å². The molecule has 1 heterocycles. The lowest BCUT2D eigenvalue weighted by Crippen LogP contribution is -2.37. The molecule has 2 N–H and O–H groups in total. The molecule has 0 saturated heterocycles. The van der Waals surface area contributed by atoms with Gasteiger partial charge in [-0.1, -0.05) is 36.4 Å². The fourth-order valence-electron chi connectivity index (χ4n) is 6.83. The molecule has 0 aliphatic heterocycles. The van der Waals surface area contributed by atoms with Crippen molar-refractivity contribution in [3.05, 3.63) is 125 Å². The van der Waals surface area contributed by atoms with Crippen LogP contribution in [0.2, 0.25) is 0 Å². The summed E-state index contributed by atoms with van der Waals surface area (Å²) < 4.78 is 37.7. The van der Waals surface area contributed by atoms with Crippen LogP contribution in [0.5, 0.6) is 23.0 Å². The van der Waals surface area contributed by atoms with E-state index in [0.29, 0.717) is 34.3 Å². The van der Waals surface area contributed by atoms with Gasteiger partial charge in [0.05, 0.1) is 44.7 Å². The van der Waals surface area contributed by atoms with Crippen molar-refractivity contribution in [3.8, 4) is 23.0 Å². The van der Waals surface area contributed by atoms with Crippen molar-refractivity contribution >= 4 is 22.7 Å². The molecule has 2 aliphatic rings. The largest absolute Gasteiger partial charge is 0.497 e. The molecular formula is C42H42FN3O7. The lowest BCUT2D eigenvalue weighted by molar-refractivity contribution is -0.198. The number of pyridine rings is 1. The lowest BCUT2D eigenvalue weighted by Gasteiger charge is -2.25. The maximum absolute atomic E-state index is 15.6. The molecule has 5 aromatic rings. The number of primary amides is 1. The van der Waals surface area contributed by atoms with Gasteiger partial charge >= 0.3 is 0 Å². The fourth-order valence-corrected chi connectivity index (χ4v) is 6.83. The van der Waals surface area contributed by atoms with Crippen LogP contribution < -0.4 is 24.7 Å². The number of fused-ring (bicyclic) bond motifs is 1. The van der Waals surface area contributed by atoms with Gasteiger partial charge in [-0.15, -0.1) is 0 Å². The number of benzene rings is 4. The van der Waals surface area contributed by atoms with Crippen LogP contribution in [0.3, 0.4) is 0 Å². The molecule has 11 heteroatoms. The summed E-state index contributed by atoms with van der Waals surface area (Å²) in [6.07, 6.45) is 2.51. The molecule has 10 nitrogen and oxygen atoms in total. The summed E-state index contributed by atoms with van der Waals surface area (Å²) in [5.74, 6) is -0.0548. The lowest BCUT2D eigenvalue weighted by atomic mass is 9.92. The maximum atomic E-state index is 15.6. The number of para-hydroxylation sites is 1. The van der Waals surface area contributed by atoms with E-state index in [1.807, 2.05) is 36.4 Å². The van der Waals surface area contributed by atoms with Crippen molar-refractivity contribution in [2.24, 2.45) is 17.1 Å². The quantitative estimate of drug-likeness (QED) is 0.108. The Morgan fingerprint density at radius 3 is 2.26 bits per heavy atom. The van der Waals surface area contributed by atoms with Crippen LogP contribution in [0.4, 0.5) is 4.39 Å². The molecule has 2 atom stereocenters. The van der Waals surface area contributed by atoms with Crippen LogP contribution in [0.1, 0.15) is 53.1 Å². The van der Waals surface area contributed by atoms with Crippen molar-refractivity contribution < 1.29 is 37.8 Å². The Morgan fingerprint density at radius 1 is 0.830 bits per heavy atom. The predicted octanol–water partition coefficient (Wildman–Crippen LogP) is 7.05. The molecule has 7 rings (SSSR count).